The number of hydrogen-bond acceptors (Lipinski definition) is 3. The lowest BCUT2D eigenvalue weighted by molar-refractivity contribution is -0.117. The van der Waals surface area contributed by atoms with Crippen molar-refractivity contribution in [1.82, 2.24) is 10.2 Å². The molecule has 1 aliphatic carbocycles. The fourth-order valence-corrected chi connectivity index (χ4v) is 3.27. The summed E-state index contributed by atoms with van der Waals surface area (Å²) in [6, 6.07) is 6.86. The summed E-state index contributed by atoms with van der Waals surface area (Å²) < 4.78 is 0. The zero-order valence-electron chi connectivity index (χ0n) is 12.1. The zero-order chi connectivity index (χ0) is 13.9. The van der Waals surface area contributed by atoms with Gasteiger partial charge in [-0.25, -0.2) is 0 Å². The molecule has 1 aromatic carbocycles. The van der Waals surface area contributed by atoms with Crippen LogP contribution in [0.25, 0.3) is 0 Å². The van der Waals surface area contributed by atoms with Crippen LogP contribution in [0.5, 0.6) is 0 Å². The average Bonchev–Trinajstić information content (AvgIpc) is 3.06. The van der Waals surface area contributed by atoms with Crippen LogP contribution in [-0.2, 0) is 17.6 Å². The van der Waals surface area contributed by atoms with E-state index in [1.807, 2.05) is 13.1 Å². The topological polar surface area (TPSA) is 44.4 Å². The van der Waals surface area contributed by atoms with Crippen molar-refractivity contribution >= 4 is 11.6 Å². The van der Waals surface area contributed by atoms with Gasteiger partial charge < -0.3 is 10.6 Å². The van der Waals surface area contributed by atoms with Gasteiger partial charge in [-0.15, -0.1) is 0 Å². The smallest absolute Gasteiger partial charge is 0.238 e. The zero-order valence-corrected chi connectivity index (χ0v) is 12.1. The summed E-state index contributed by atoms with van der Waals surface area (Å²) in [4.78, 5) is 14.3. The van der Waals surface area contributed by atoms with Crippen LogP contribution in [0.2, 0.25) is 0 Å². The number of rotatable bonds is 4. The Bertz CT molecular complexity index is 500. The molecule has 4 heteroatoms. The Labute approximate surface area is 120 Å². The summed E-state index contributed by atoms with van der Waals surface area (Å²) >= 11 is 0. The number of fused-ring (bicyclic) bond motifs is 1. The molecule has 2 aliphatic rings. The molecule has 1 amide bonds. The number of likely N-dealkylation sites (tertiary alicyclic amines) is 1. The van der Waals surface area contributed by atoms with Crippen molar-refractivity contribution in [2.24, 2.45) is 0 Å². The molecular weight excluding hydrogens is 250 g/mol. The summed E-state index contributed by atoms with van der Waals surface area (Å²) in [6.45, 7) is 2.46. The lowest BCUT2D eigenvalue weighted by atomic mass is 10.1. The molecule has 0 radical (unpaired) electrons. The van der Waals surface area contributed by atoms with E-state index in [-0.39, 0.29) is 5.91 Å². The Kier molecular flexibility index (Phi) is 4.03. The molecule has 1 unspecified atom stereocenters. The van der Waals surface area contributed by atoms with Gasteiger partial charge in [0.05, 0.1) is 6.54 Å². The second kappa shape index (κ2) is 5.94. The van der Waals surface area contributed by atoms with E-state index >= 15 is 0 Å². The third-order valence-electron chi connectivity index (χ3n) is 4.43. The van der Waals surface area contributed by atoms with Gasteiger partial charge in [-0.3, -0.25) is 9.69 Å². The number of nitrogens with one attached hydrogen (secondary N) is 2. The molecule has 4 nitrogen and oxygen atoms in total. The van der Waals surface area contributed by atoms with Gasteiger partial charge in [0.2, 0.25) is 5.91 Å². The van der Waals surface area contributed by atoms with Gasteiger partial charge in [-0.05, 0) is 56.0 Å². The fourth-order valence-electron chi connectivity index (χ4n) is 3.27. The highest BCUT2D eigenvalue weighted by atomic mass is 16.2. The number of likely N-dealkylation sites (N-methyl/N-ethyl adjacent to an activating group) is 1. The van der Waals surface area contributed by atoms with Crippen molar-refractivity contribution < 1.29 is 4.79 Å². The largest absolute Gasteiger partial charge is 0.325 e. The molecule has 2 N–H and O–H groups in total. The first-order chi connectivity index (χ1) is 9.74. The van der Waals surface area contributed by atoms with Crippen molar-refractivity contribution in [3.8, 4) is 0 Å². The summed E-state index contributed by atoms with van der Waals surface area (Å²) in [7, 11) is 1.98. The molecule has 0 saturated carbocycles. The molecule has 1 fully saturated rings. The number of carbonyl (C=O) groups is 1. The quantitative estimate of drug-likeness (QED) is 0.872. The minimum absolute atomic E-state index is 0.0969. The van der Waals surface area contributed by atoms with Crippen LogP contribution in [0.15, 0.2) is 18.2 Å². The van der Waals surface area contributed by atoms with Crippen molar-refractivity contribution in [1.29, 1.82) is 0 Å². The number of nitrogens with zero attached hydrogens (tertiary/aromatic N) is 1. The molecule has 1 aromatic rings. The highest BCUT2D eigenvalue weighted by Crippen LogP contribution is 2.24. The van der Waals surface area contributed by atoms with E-state index in [4.69, 9.17) is 0 Å². The van der Waals surface area contributed by atoms with Gasteiger partial charge in [0.1, 0.15) is 0 Å². The molecular formula is C16H23N3O. The van der Waals surface area contributed by atoms with Crippen molar-refractivity contribution in [3.63, 3.8) is 0 Å². The maximum absolute atomic E-state index is 12.1. The van der Waals surface area contributed by atoms with E-state index in [0.717, 1.165) is 31.6 Å². The highest BCUT2D eigenvalue weighted by molar-refractivity contribution is 5.92. The summed E-state index contributed by atoms with van der Waals surface area (Å²) in [5.41, 5.74) is 3.79. The first-order valence-corrected chi connectivity index (χ1v) is 7.56. The van der Waals surface area contributed by atoms with Gasteiger partial charge in [0.15, 0.2) is 0 Å². The molecule has 1 aliphatic heterocycles. The number of amides is 1. The molecule has 0 spiro atoms. The normalized spacial score (nSPS) is 21.9. The molecule has 1 heterocycles. The van der Waals surface area contributed by atoms with E-state index < -0.39 is 0 Å². The Balaban J connectivity index is 1.54. The molecule has 1 saturated heterocycles. The van der Waals surface area contributed by atoms with Crippen LogP contribution in [0.4, 0.5) is 5.69 Å². The second-order valence-electron chi connectivity index (χ2n) is 5.89. The van der Waals surface area contributed by atoms with E-state index in [2.05, 4.69) is 27.7 Å². The highest BCUT2D eigenvalue weighted by Gasteiger charge is 2.22. The third-order valence-corrected chi connectivity index (χ3v) is 4.43. The van der Waals surface area contributed by atoms with Crippen molar-refractivity contribution in [3.05, 3.63) is 29.3 Å². The van der Waals surface area contributed by atoms with Crippen LogP contribution in [-0.4, -0.2) is 43.5 Å². The van der Waals surface area contributed by atoms with Gasteiger partial charge in [-0.1, -0.05) is 6.07 Å². The number of benzene rings is 1. The lowest BCUT2D eigenvalue weighted by Crippen LogP contribution is -2.34. The third kappa shape index (κ3) is 3.02. The summed E-state index contributed by atoms with van der Waals surface area (Å²) in [5.74, 6) is 0.0969. The van der Waals surface area contributed by atoms with Gasteiger partial charge in [0.25, 0.3) is 0 Å². The number of carbonyl (C=O) groups excluding carboxylic acids is 1. The van der Waals surface area contributed by atoms with E-state index in [9.17, 15) is 4.79 Å². The number of anilines is 1. The van der Waals surface area contributed by atoms with Crippen LogP contribution in [0.3, 0.4) is 0 Å². The summed E-state index contributed by atoms with van der Waals surface area (Å²) in [5, 5.41) is 6.30. The predicted molar refractivity (Wildman–Crippen MR) is 81.0 cm³/mol. The van der Waals surface area contributed by atoms with Gasteiger partial charge >= 0.3 is 0 Å². The van der Waals surface area contributed by atoms with E-state index in [0.29, 0.717) is 12.6 Å². The maximum Gasteiger partial charge on any atom is 0.238 e. The molecule has 108 valence electrons. The Morgan fingerprint density at radius 1 is 1.35 bits per heavy atom. The maximum atomic E-state index is 12.1. The summed E-state index contributed by atoms with van der Waals surface area (Å²) in [6.07, 6.45) is 4.70. The monoisotopic (exact) mass is 273 g/mol. The predicted octanol–water partition coefficient (Wildman–Crippen LogP) is 1.41. The van der Waals surface area contributed by atoms with E-state index in [1.54, 1.807) is 0 Å². The Morgan fingerprint density at radius 2 is 2.20 bits per heavy atom. The minimum Gasteiger partial charge on any atom is -0.325 e. The molecule has 0 aromatic heterocycles. The first kappa shape index (κ1) is 13.6. The Morgan fingerprint density at radius 3 is 3.00 bits per heavy atom. The molecule has 0 bridgehead atoms. The second-order valence-corrected chi connectivity index (χ2v) is 5.89. The van der Waals surface area contributed by atoms with Crippen molar-refractivity contribution in [2.75, 3.05) is 32.0 Å². The fraction of sp³-hybridized carbons (Fsp3) is 0.562. The van der Waals surface area contributed by atoms with E-state index in [1.165, 1.54) is 24.0 Å². The average molecular weight is 273 g/mol. The SMILES string of the molecule is CNC1CCN(CC(=O)Nc2ccc3c(c2)CCC3)C1. The minimum atomic E-state index is 0.0969. The van der Waals surface area contributed by atoms with Crippen molar-refractivity contribution in [2.45, 2.75) is 31.7 Å². The van der Waals surface area contributed by atoms with Crippen LogP contribution in [0, 0.1) is 0 Å². The number of hydrogen-bond donors (Lipinski definition) is 2. The Hall–Kier alpha value is -1.39. The molecule has 3 rings (SSSR count). The van der Waals surface area contributed by atoms with Gasteiger partial charge in [-0.2, -0.15) is 0 Å². The molecule has 1 atom stereocenters. The van der Waals surface area contributed by atoms with Crippen LogP contribution in [0.1, 0.15) is 24.0 Å². The van der Waals surface area contributed by atoms with Crippen LogP contribution >= 0.6 is 0 Å². The molecule has 20 heavy (non-hydrogen) atoms. The van der Waals surface area contributed by atoms with Crippen LogP contribution < -0.4 is 10.6 Å². The van der Waals surface area contributed by atoms with Gasteiger partial charge in [0, 0.05) is 24.8 Å². The lowest BCUT2D eigenvalue weighted by Gasteiger charge is -2.15. The standard InChI is InChI=1S/C16H23N3O/c1-17-15-7-8-19(10-15)11-16(20)18-14-6-5-12-3-2-4-13(12)9-14/h5-6,9,15,17H,2-4,7-8,10-11H2,1H3,(H,18,20). The number of aryl methyl sites for hydroxylation is 2. The first-order valence-electron chi connectivity index (χ1n) is 7.56.